The molecular weight excluding hydrogens is 209 g/mol. The Balaban J connectivity index is 2.51. The molecule has 2 rings (SSSR count). The lowest BCUT2D eigenvalue weighted by Crippen LogP contribution is -2.13. The van der Waals surface area contributed by atoms with E-state index in [1.54, 1.807) is 0 Å². The Labute approximate surface area is 91.3 Å². The molecule has 0 aliphatic heterocycles. The second kappa shape index (κ2) is 4.40. The summed E-state index contributed by atoms with van der Waals surface area (Å²) >= 11 is 0. The first-order valence-corrected chi connectivity index (χ1v) is 5.09. The van der Waals surface area contributed by atoms with Crippen molar-refractivity contribution in [3.8, 4) is 0 Å². The number of halogens is 1. The first-order valence-electron chi connectivity index (χ1n) is 5.09. The summed E-state index contributed by atoms with van der Waals surface area (Å²) in [6.45, 7) is 0.547. The fourth-order valence-electron chi connectivity index (χ4n) is 1.55. The molecule has 0 bridgehead atoms. The van der Waals surface area contributed by atoms with Crippen molar-refractivity contribution < 1.29 is 4.39 Å². The summed E-state index contributed by atoms with van der Waals surface area (Å²) in [6.07, 6.45) is 1.38. The van der Waals surface area contributed by atoms with Gasteiger partial charge in [0, 0.05) is 6.42 Å². The number of fused-ring (bicyclic) bond motifs is 1. The highest BCUT2D eigenvalue weighted by Crippen LogP contribution is 2.09. The van der Waals surface area contributed by atoms with E-state index in [-0.39, 0.29) is 10.9 Å². The maximum atomic E-state index is 12.9. The molecule has 1 aromatic heterocycles. The Morgan fingerprint density at radius 3 is 3.00 bits per heavy atom. The number of hydrogen-bond acceptors (Lipinski definition) is 3. The fourth-order valence-corrected chi connectivity index (χ4v) is 1.55. The summed E-state index contributed by atoms with van der Waals surface area (Å²) in [5.41, 5.74) is 5.58. The van der Waals surface area contributed by atoms with Crippen LogP contribution >= 0.6 is 0 Å². The molecule has 0 radical (unpaired) electrons. The van der Waals surface area contributed by atoms with Gasteiger partial charge in [0.1, 0.15) is 11.6 Å². The highest BCUT2D eigenvalue weighted by Gasteiger charge is 2.04. The Hall–Kier alpha value is -1.75. The van der Waals surface area contributed by atoms with Gasteiger partial charge >= 0.3 is 0 Å². The Morgan fingerprint density at radius 1 is 1.44 bits per heavy atom. The van der Waals surface area contributed by atoms with Gasteiger partial charge in [0.05, 0.1) is 10.9 Å². The van der Waals surface area contributed by atoms with Crippen molar-refractivity contribution in [3.63, 3.8) is 0 Å². The van der Waals surface area contributed by atoms with Crippen molar-refractivity contribution in [1.29, 1.82) is 0 Å². The third-order valence-corrected chi connectivity index (χ3v) is 2.33. The van der Waals surface area contributed by atoms with E-state index in [0.29, 0.717) is 24.3 Å². The molecule has 0 unspecified atom stereocenters. The number of hydrogen-bond donors (Lipinski definition) is 2. The minimum Gasteiger partial charge on any atom is -0.330 e. The summed E-state index contributed by atoms with van der Waals surface area (Å²) in [6, 6.07) is 3.99. The molecule has 1 aromatic carbocycles. The second-order valence-electron chi connectivity index (χ2n) is 3.57. The average molecular weight is 221 g/mol. The molecule has 0 fully saturated rings. The normalized spacial score (nSPS) is 10.9. The van der Waals surface area contributed by atoms with Crippen LogP contribution in [0.5, 0.6) is 0 Å². The van der Waals surface area contributed by atoms with Gasteiger partial charge in [0.15, 0.2) is 0 Å². The third kappa shape index (κ3) is 2.09. The van der Waals surface area contributed by atoms with Crippen molar-refractivity contribution in [2.75, 3.05) is 6.54 Å². The molecule has 5 heteroatoms. The SMILES string of the molecule is NCCCc1nc2ccc(F)cc2c(=O)[nH]1. The highest BCUT2D eigenvalue weighted by molar-refractivity contribution is 5.77. The maximum absolute atomic E-state index is 12.9. The van der Waals surface area contributed by atoms with Crippen molar-refractivity contribution in [2.24, 2.45) is 5.73 Å². The number of benzene rings is 1. The average Bonchev–Trinajstić information content (AvgIpc) is 2.27. The van der Waals surface area contributed by atoms with E-state index in [4.69, 9.17) is 5.73 Å². The molecule has 3 N–H and O–H groups in total. The van der Waals surface area contributed by atoms with Crippen LogP contribution in [0.4, 0.5) is 4.39 Å². The van der Waals surface area contributed by atoms with Gasteiger partial charge < -0.3 is 10.7 Å². The minimum absolute atomic E-state index is 0.275. The lowest BCUT2D eigenvalue weighted by atomic mass is 10.2. The van der Waals surface area contributed by atoms with Gasteiger partial charge in [-0.1, -0.05) is 0 Å². The van der Waals surface area contributed by atoms with Crippen LogP contribution in [0.15, 0.2) is 23.0 Å². The Kier molecular flexibility index (Phi) is 2.96. The fraction of sp³-hybridized carbons (Fsp3) is 0.273. The molecule has 16 heavy (non-hydrogen) atoms. The second-order valence-corrected chi connectivity index (χ2v) is 3.57. The van der Waals surface area contributed by atoms with Gasteiger partial charge in [-0.25, -0.2) is 9.37 Å². The summed E-state index contributed by atoms with van der Waals surface area (Å²) in [4.78, 5) is 18.5. The first-order chi connectivity index (χ1) is 7.70. The highest BCUT2D eigenvalue weighted by atomic mass is 19.1. The van der Waals surface area contributed by atoms with E-state index >= 15 is 0 Å². The van der Waals surface area contributed by atoms with Gasteiger partial charge in [0.2, 0.25) is 0 Å². The summed E-state index contributed by atoms with van der Waals surface area (Å²) < 4.78 is 12.9. The summed E-state index contributed by atoms with van der Waals surface area (Å²) in [5, 5.41) is 0.275. The quantitative estimate of drug-likeness (QED) is 0.810. The Morgan fingerprint density at radius 2 is 2.25 bits per heavy atom. The van der Waals surface area contributed by atoms with Crippen LogP contribution in [0.3, 0.4) is 0 Å². The van der Waals surface area contributed by atoms with E-state index in [1.807, 2.05) is 0 Å². The number of H-pyrrole nitrogens is 1. The number of nitrogens with one attached hydrogen (secondary N) is 1. The number of aryl methyl sites for hydroxylation is 1. The molecule has 0 aliphatic rings. The smallest absolute Gasteiger partial charge is 0.258 e. The molecule has 4 nitrogen and oxygen atoms in total. The van der Waals surface area contributed by atoms with Crippen molar-refractivity contribution in [2.45, 2.75) is 12.8 Å². The summed E-state index contributed by atoms with van der Waals surface area (Å²) in [5.74, 6) is 0.157. The summed E-state index contributed by atoms with van der Waals surface area (Å²) in [7, 11) is 0. The van der Waals surface area contributed by atoms with Gasteiger partial charge in [0.25, 0.3) is 5.56 Å². The van der Waals surface area contributed by atoms with Gasteiger partial charge in [-0.2, -0.15) is 0 Å². The topological polar surface area (TPSA) is 71.8 Å². The standard InChI is InChI=1S/C11H12FN3O/c12-7-3-4-9-8(6-7)11(16)15-10(14-9)2-1-5-13/h3-4,6H,1-2,5,13H2,(H,14,15,16). The molecule has 84 valence electrons. The number of nitrogens with zero attached hydrogens (tertiary/aromatic N) is 1. The minimum atomic E-state index is -0.436. The monoisotopic (exact) mass is 221 g/mol. The van der Waals surface area contributed by atoms with Crippen molar-refractivity contribution in [3.05, 3.63) is 40.2 Å². The number of aromatic amines is 1. The van der Waals surface area contributed by atoms with Crippen LogP contribution in [0.25, 0.3) is 10.9 Å². The molecule has 0 amide bonds. The van der Waals surface area contributed by atoms with E-state index in [2.05, 4.69) is 9.97 Å². The maximum Gasteiger partial charge on any atom is 0.258 e. The van der Waals surface area contributed by atoms with Gasteiger partial charge in [-0.05, 0) is 31.2 Å². The predicted molar refractivity (Wildman–Crippen MR) is 59.7 cm³/mol. The molecule has 0 atom stereocenters. The van der Waals surface area contributed by atoms with E-state index in [9.17, 15) is 9.18 Å². The number of aromatic nitrogens is 2. The Bertz CT molecular complexity index is 565. The van der Waals surface area contributed by atoms with Crippen LogP contribution < -0.4 is 11.3 Å². The largest absolute Gasteiger partial charge is 0.330 e. The van der Waals surface area contributed by atoms with Gasteiger partial charge in [-0.15, -0.1) is 0 Å². The van der Waals surface area contributed by atoms with Crippen molar-refractivity contribution >= 4 is 10.9 Å². The van der Waals surface area contributed by atoms with Crippen LogP contribution in [0.1, 0.15) is 12.2 Å². The van der Waals surface area contributed by atoms with Crippen LogP contribution in [0.2, 0.25) is 0 Å². The van der Waals surface area contributed by atoms with Gasteiger partial charge in [-0.3, -0.25) is 4.79 Å². The zero-order chi connectivity index (χ0) is 11.5. The van der Waals surface area contributed by atoms with Crippen LogP contribution in [-0.2, 0) is 6.42 Å². The molecule has 2 aromatic rings. The lowest BCUT2D eigenvalue weighted by Gasteiger charge is -2.01. The number of nitrogens with two attached hydrogens (primary N) is 1. The molecule has 0 saturated heterocycles. The van der Waals surface area contributed by atoms with E-state index in [0.717, 1.165) is 6.42 Å². The van der Waals surface area contributed by atoms with E-state index < -0.39 is 5.82 Å². The molecule has 0 aliphatic carbocycles. The lowest BCUT2D eigenvalue weighted by molar-refractivity contribution is 0.629. The van der Waals surface area contributed by atoms with Crippen LogP contribution in [0, 0.1) is 5.82 Å². The van der Waals surface area contributed by atoms with Crippen LogP contribution in [-0.4, -0.2) is 16.5 Å². The molecule has 1 heterocycles. The van der Waals surface area contributed by atoms with E-state index in [1.165, 1.54) is 18.2 Å². The first kappa shape index (κ1) is 10.8. The molecule has 0 spiro atoms. The molecular formula is C11H12FN3O. The predicted octanol–water partition coefficient (Wildman–Crippen LogP) is 0.954. The zero-order valence-electron chi connectivity index (χ0n) is 8.66. The number of rotatable bonds is 3. The third-order valence-electron chi connectivity index (χ3n) is 2.33. The zero-order valence-corrected chi connectivity index (χ0v) is 8.66. The molecule has 0 saturated carbocycles. The van der Waals surface area contributed by atoms with Crippen molar-refractivity contribution in [1.82, 2.24) is 9.97 Å².